The SMILES string of the molecule is CC(C)(C)OC(=O)Cc1c2ccccc2nn1-c1ccccc1. The van der Waals surface area contributed by atoms with Crippen LogP contribution < -0.4 is 0 Å². The maximum absolute atomic E-state index is 12.3. The van der Waals surface area contributed by atoms with Crippen molar-refractivity contribution in [2.75, 3.05) is 0 Å². The van der Waals surface area contributed by atoms with Crippen LogP contribution in [0.3, 0.4) is 0 Å². The number of carbonyl (C=O) groups excluding carboxylic acids is 1. The summed E-state index contributed by atoms with van der Waals surface area (Å²) in [4.78, 5) is 12.3. The van der Waals surface area contributed by atoms with Crippen LogP contribution in [0, 0.1) is 0 Å². The first-order valence-electron chi connectivity index (χ1n) is 7.68. The van der Waals surface area contributed by atoms with Crippen LogP contribution in [0.4, 0.5) is 0 Å². The van der Waals surface area contributed by atoms with Crippen molar-refractivity contribution in [3.63, 3.8) is 0 Å². The fraction of sp³-hybridized carbons (Fsp3) is 0.263. The van der Waals surface area contributed by atoms with Gasteiger partial charge in [0.1, 0.15) is 5.60 Å². The Balaban J connectivity index is 2.05. The number of hydrogen-bond acceptors (Lipinski definition) is 3. The smallest absolute Gasteiger partial charge is 0.312 e. The number of esters is 1. The molecule has 0 spiro atoms. The molecule has 3 rings (SSSR count). The second-order valence-electron chi connectivity index (χ2n) is 6.47. The lowest BCUT2D eigenvalue weighted by atomic mass is 10.1. The van der Waals surface area contributed by atoms with E-state index in [-0.39, 0.29) is 12.4 Å². The summed E-state index contributed by atoms with van der Waals surface area (Å²) in [7, 11) is 0. The summed E-state index contributed by atoms with van der Waals surface area (Å²) in [5.41, 5.74) is 2.16. The Morgan fingerprint density at radius 3 is 2.39 bits per heavy atom. The highest BCUT2D eigenvalue weighted by molar-refractivity contribution is 5.86. The quantitative estimate of drug-likeness (QED) is 0.689. The first-order valence-corrected chi connectivity index (χ1v) is 7.68. The van der Waals surface area contributed by atoms with Crippen molar-refractivity contribution >= 4 is 16.9 Å². The van der Waals surface area contributed by atoms with Crippen molar-refractivity contribution in [2.45, 2.75) is 32.8 Å². The van der Waals surface area contributed by atoms with Crippen LogP contribution in [0.2, 0.25) is 0 Å². The number of hydrogen-bond donors (Lipinski definition) is 0. The molecule has 0 atom stereocenters. The summed E-state index contributed by atoms with van der Waals surface area (Å²) in [5, 5.41) is 5.62. The molecule has 1 heterocycles. The molecule has 23 heavy (non-hydrogen) atoms. The second kappa shape index (κ2) is 5.88. The van der Waals surface area contributed by atoms with Crippen LogP contribution in [0.25, 0.3) is 16.6 Å². The maximum atomic E-state index is 12.3. The van der Waals surface area contributed by atoms with E-state index in [4.69, 9.17) is 4.74 Å². The molecular weight excluding hydrogens is 288 g/mol. The Labute approximate surface area is 135 Å². The zero-order chi connectivity index (χ0) is 16.4. The van der Waals surface area contributed by atoms with Gasteiger partial charge in [0.25, 0.3) is 0 Å². The number of fused-ring (bicyclic) bond motifs is 1. The monoisotopic (exact) mass is 308 g/mol. The number of aromatic nitrogens is 2. The van der Waals surface area contributed by atoms with Crippen LogP contribution >= 0.6 is 0 Å². The number of rotatable bonds is 3. The third kappa shape index (κ3) is 3.42. The van der Waals surface area contributed by atoms with Crippen molar-refractivity contribution in [3.8, 4) is 5.69 Å². The van der Waals surface area contributed by atoms with Gasteiger partial charge in [0, 0.05) is 5.39 Å². The predicted molar refractivity (Wildman–Crippen MR) is 90.6 cm³/mol. The summed E-state index contributed by atoms with van der Waals surface area (Å²) in [6.45, 7) is 5.62. The molecule has 2 aromatic carbocycles. The van der Waals surface area contributed by atoms with Crippen molar-refractivity contribution in [1.29, 1.82) is 0 Å². The molecule has 3 aromatic rings. The molecule has 118 valence electrons. The molecule has 0 amide bonds. The summed E-state index contributed by atoms with van der Waals surface area (Å²) >= 11 is 0. The number of para-hydroxylation sites is 1. The van der Waals surface area contributed by atoms with Crippen molar-refractivity contribution < 1.29 is 9.53 Å². The Bertz CT molecular complexity index is 829. The molecule has 1 aromatic heterocycles. The zero-order valence-corrected chi connectivity index (χ0v) is 13.6. The minimum Gasteiger partial charge on any atom is -0.460 e. The Hall–Kier alpha value is -2.62. The summed E-state index contributed by atoms with van der Waals surface area (Å²) in [5.74, 6) is -0.250. The number of nitrogens with zero attached hydrogens (tertiary/aromatic N) is 2. The molecule has 4 nitrogen and oxygen atoms in total. The molecule has 4 heteroatoms. The Morgan fingerprint density at radius 2 is 1.70 bits per heavy atom. The van der Waals surface area contributed by atoms with Crippen molar-refractivity contribution in [3.05, 3.63) is 60.3 Å². The summed E-state index contributed by atoms with van der Waals surface area (Å²) in [6.07, 6.45) is 0.187. The fourth-order valence-electron chi connectivity index (χ4n) is 2.55. The van der Waals surface area contributed by atoms with Gasteiger partial charge in [0.05, 0.1) is 23.3 Å². The van der Waals surface area contributed by atoms with E-state index in [2.05, 4.69) is 5.10 Å². The van der Waals surface area contributed by atoms with Gasteiger partial charge in [-0.15, -0.1) is 0 Å². The van der Waals surface area contributed by atoms with E-state index < -0.39 is 5.60 Å². The van der Waals surface area contributed by atoms with Gasteiger partial charge in [-0.05, 0) is 39.0 Å². The molecule has 0 N–H and O–H groups in total. The highest BCUT2D eigenvalue weighted by Crippen LogP contribution is 2.23. The van der Waals surface area contributed by atoms with Crippen LogP contribution in [0.15, 0.2) is 54.6 Å². The van der Waals surface area contributed by atoms with E-state index in [1.807, 2.05) is 80.1 Å². The topological polar surface area (TPSA) is 44.1 Å². The van der Waals surface area contributed by atoms with Crippen LogP contribution in [-0.2, 0) is 16.0 Å². The van der Waals surface area contributed by atoms with Gasteiger partial charge in [0.15, 0.2) is 0 Å². The predicted octanol–water partition coefficient (Wildman–Crippen LogP) is 3.91. The minimum atomic E-state index is -0.496. The molecule has 0 saturated carbocycles. The molecule has 0 fully saturated rings. The van der Waals surface area contributed by atoms with E-state index in [1.54, 1.807) is 0 Å². The van der Waals surface area contributed by atoms with Crippen molar-refractivity contribution in [2.24, 2.45) is 0 Å². The standard InChI is InChI=1S/C19H20N2O2/c1-19(2,3)23-18(22)13-17-15-11-7-8-12-16(15)20-21(17)14-9-5-4-6-10-14/h4-12H,13H2,1-3H3. The third-order valence-electron chi connectivity index (χ3n) is 3.41. The molecule has 0 unspecified atom stereocenters. The molecule has 0 aliphatic rings. The highest BCUT2D eigenvalue weighted by atomic mass is 16.6. The van der Waals surface area contributed by atoms with Crippen LogP contribution in [0.1, 0.15) is 26.5 Å². The van der Waals surface area contributed by atoms with Gasteiger partial charge in [0.2, 0.25) is 0 Å². The molecule has 0 aliphatic carbocycles. The van der Waals surface area contributed by atoms with E-state index in [9.17, 15) is 4.79 Å². The first-order chi connectivity index (χ1) is 10.9. The average molecular weight is 308 g/mol. The normalized spacial score (nSPS) is 11.6. The van der Waals surface area contributed by atoms with E-state index >= 15 is 0 Å². The van der Waals surface area contributed by atoms with E-state index in [1.165, 1.54) is 0 Å². The van der Waals surface area contributed by atoms with E-state index in [0.29, 0.717) is 0 Å². The van der Waals surface area contributed by atoms with Gasteiger partial charge >= 0.3 is 5.97 Å². The van der Waals surface area contributed by atoms with Crippen LogP contribution in [0.5, 0.6) is 0 Å². The Kier molecular flexibility index (Phi) is 3.90. The summed E-state index contributed by atoms with van der Waals surface area (Å²) in [6, 6.07) is 17.7. The largest absolute Gasteiger partial charge is 0.460 e. The fourth-order valence-corrected chi connectivity index (χ4v) is 2.55. The number of ether oxygens (including phenoxy) is 1. The lowest BCUT2D eigenvalue weighted by Crippen LogP contribution is -2.25. The maximum Gasteiger partial charge on any atom is 0.312 e. The lowest BCUT2D eigenvalue weighted by molar-refractivity contribution is -0.154. The molecule has 0 aliphatic heterocycles. The lowest BCUT2D eigenvalue weighted by Gasteiger charge is -2.19. The number of benzene rings is 2. The third-order valence-corrected chi connectivity index (χ3v) is 3.41. The average Bonchev–Trinajstić information content (AvgIpc) is 2.85. The van der Waals surface area contributed by atoms with E-state index in [0.717, 1.165) is 22.3 Å². The zero-order valence-electron chi connectivity index (χ0n) is 13.6. The number of carbonyl (C=O) groups is 1. The first kappa shape index (κ1) is 15.3. The van der Waals surface area contributed by atoms with Gasteiger partial charge in [-0.25, -0.2) is 4.68 Å². The van der Waals surface area contributed by atoms with Crippen LogP contribution in [-0.4, -0.2) is 21.4 Å². The minimum absolute atomic E-state index is 0.187. The van der Waals surface area contributed by atoms with Gasteiger partial charge in [-0.2, -0.15) is 5.10 Å². The summed E-state index contributed by atoms with van der Waals surface area (Å²) < 4.78 is 7.30. The van der Waals surface area contributed by atoms with Gasteiger partial charge < -0.3 is 4.74 Å². The Morgan fingerprint density at radius 1 is 1.04 bits per heavy atom. The molecule has 0 bridgehead atoms. The van der Waals surface area contributed by atoms with Crippen molar-refractivity contribution in [1.82, 2.24) is 9.78 Å². The van der Waals surface area contributed by atoms with Gasteiger partial charge in [-0.1, -0.05) is 36.4 Å². The molecule has 0 saturated heterocycles. The second-order valence-corrected chi connectivity index (χ2v) is 6.47. The molecular formula is C19H20N2O2. The molecule has 0 radical (unpaired) electrons. The highest BCUT2D eigenvalue weighted by Gasteiger charge is 2.20. The van der Waals surface area contributed by atoms with Gasteiger partial charge in [-0.3, -0.25) is 4.79 Å².